The van der Waals surface area contributed by atoms with Gasteiger partial charge in [-0.1, -0.05) is 19.1 Å². The number of carbonyl (C=O) groups excluding carboxylic acids is 2. The minimum Gasteiger partial charge on any atom is -0.497 e. The standard InChI is InChI=1S/C20H20N2O4/c1-3-13-4-6-14(7-5-13)20(24)22-21-19(23)10-15-12-26-18-11-16(25-2)8-9-17(15)18/h4-9,11-12H,3,10H2,1-2H3,(H,21,23)(H,22,24). The maximum Gasteiger partial charge on any atom is 0.269 e. The number of aryl methyl sites for hydroxylation is 1. The number of amides is 2. The second-order valence-electron chi connectivity index (χ2n) is 5.85. The maximum absolute atomic E-state index is 12.1. The van der Waals surface area contributed by atoms with Crippen molar-refractivity contribution in [1.29, 1.82) is 0 Å². The first-order valence-corrected chi connectivity index (χ1v) is 8.33. The summed E-state index contributed by atoms with van der Waals surface area (Å²) in [5.74, 6) is -0.00551. The molecule has 2 aromatic carbocycles. The number of carbonyl (C=O) groups is 2. The zero-order valence-electron chi connectivity index (χ0n) is 14.7. The summed E-state index contributed by atoms with van der Waals surface area (Å²) in [6, 6.07) is 12.7. The first kappa shape index (κ1) is 17.5. The Morgan fingerprint density at radius 2 is 1.85 bits per heavy atom. The Morgan fingerprint density at radius 3 is 2.54 bits per heavy atom. The predicted octanol–water partition coefficient (Wildman–Crippen LogP) is 3.01. The van der Waals surface area contributed by atoms with E-state index in [1.54, 1.807) is 31.4 Å². The average molecular weight is 352 g/mol. The number of methoxy groups -OCH3 is 1. The van der Waals surface area contributed by atoms with Crippen molar-refractivity contribution >= 4 is 22.8 Å². The number of fused-ring (bicyclic) bond motifs is 1. The lowest BCUT2D eigenvalue weighted by Crippen LogP contribution is -2.42. The minimum absolute atomic E-state index is 0.0916. The van der Waals surface area contributed by atoms with E-state index in [-0.39, 0.29) is 18.2 Å². The van der Waals surface area contributed by atoms with Crippen molar-refractivity contribution in [3.05, 3.63) is 65.4 Å². The summed E-state index contributed by atoms with van der Waals surface area (Å²) in [4.78, 5) is 24.2. The molecule has 0 saturated carbocycles. The van der Waals surface area contributed by atoms with Crippen molar-refractivity contribution in [2.45, 2.75) is 19.8 Å². The molecule has 6 nitrogen and oxygen atoms in total. The third-order valence-electron chi connectivity index (χ3n) is 4.15. The largest absolute Gasteiger partial charge is 0.497 e. The molecule has 0 aliphatic carbocycles. The van der Waals surface area contributed by atoms with Gasteiger partial charge in [0.15, 0.2) is 0 Å². The van der Waals surface area contributed by atoms with Gasteiger partial charge in [0.05, 0.1) is 19.8 Å². The van der Waals surface area contributed by atoms with Gasteiger partial charge in [0.2, 0.25) is 5.91 Å². The molecular weight excluding hydrogens is 332 g/mol. The molecule has 0 atom stereocenters. The molecule has 26 heavy (non-hydrogen) atoms. The number of nitrogens with one attached hydrogen (secondary N) is 2. The molecule has 3 aromatic rings. The summed E-state index contributed by atoms with van der Waals surface area (Å²) in [5, 5.41) is 0.836. The summed E-state index contributed by atoms with van der Waals surface area (Å²) in [6.07, 6.45) is 2.53. The zero-order chi connectivity index (χ0) is 18.5. The Kier molecular flexibility index (Phi) is 5.22. The molecule has 0 bridgehead atoms. The van der Waals surface area contributed by atoms with Crippen LogP contribution >= 0.6 is 0 Å². The van der Waals surface area contributed by atoms with Crippen LogP contribution < -0.4 is 15.6 Å². The van der Waals surface area contributed by atoms with E-state index < -0.39 is 0 Å². The SMILES string of the molecule is CCc1ccc(C(=O)NNC(=O)Cc2coc3cc(OC)ccc23)cc1. The van der Waals surface area contributed by atoms with E-state index in [2.05, 4.69) is 10.9 Å². The van der Waals surface area contributed by atoms with Gasteiger partial charge in [-0.05, 0) is 36.2 Å². The summed E-state index contributed by atoms with van der Waals surface area (Å²) >= 11 is 0. The van der Waals surface area contributed by atoms with Crippen LogP contribution in [-0.4, -0.2) is 18.9 Å². The van der Waals surface area contributed by atoms with Gasteiger partial charge in [-0.15, -0.1) is 0 Å². The van der Waals surface area contributed by atoms with Crippen molar-refractivity contribution in [2.75, 3.05) is 7.11 Å². The maximum atomic E-state index is 12.1. The molecule has 6 heteroatoms. The highest BCUT2D eigenvalue weighted by Gasteiger charge is 2.12. The minimum atomic E-state index is -0.359. The molecule has 0 unspecified atom stereocenters. The van der Waals surface area contributed by atoms with Crippen molar-refractivity contribution in [3.63, 3.8) is 0 Å². The molecule has 0 saturated heterocycles. The molecule has 0 radical (unpaired) electrons. The molecule has 0 aliphatic heterocycles. The van der Waals surface area contributed by atoms with Crippen LogP contribution in [0.25, 0.3) is 11.0 Å². The summed E-state index contributed by atoms with van der Waals surface area (Å²) in [5.41, 5.74) is 7.88. The molecule has 2 amide bonds. The number of furan rings is 1. The molecule has 1 heterocycles. The first-order valence-electron chi connectivity index (χ1n) is 8.33. The van der Waals surface area contributed by atoms with Gasteiger partial charge in [0.25, 0.3) is 5.91 Å². The second-order valence-corrected chi connectivity index (χ2v) is 5.85. The van der Waals surface area contributed by atoms with Gasteiger partial charge in [-0.3, -0.25) is 20.4 Å². The number of ether oxygens (including phenoxy) is 1. The van der Waals surface area contributed by atoms with Crippen LogP contribution in [0.1, 0.15) is 28.4 Å². The van der Waals surface area contributed by atoms with Crippen LogP contribution in [0.15, 0.2) is 53.1 Å². The van der Waals surface area contributed by atoms with Gasteiger partial charge in [0, 0.05) is 22.6 Å². The van der Waals surface area contributed by atoms with Crippen molar-refractivity contribution in [3.8, 4) is 5.75 Å². The monoisotopic (exact) mass is 352 g/mol. The van der Waals surface area contributed by atoms with Crippen LogP contribution in [-0.2, 0) is 17.6 Å². The quantitative estimate of drug-likeness (QED) is 0.692. The Bertz CT molecular complexity index is 929. The fourth-order valence-electron chi connectivity index (χ4n) is 2.64. The molecule has 2 N–H and O–H groups in total. The second kappa shape index (κ2) is 7.74. The molecular formula is C20H20N2O4. The molecule has 0 fully saturated rings. The molecule has 134 valence electrons. The zero-order valence-corrected chi connectivity index (χ0v) is 14.7. The van der Waals surface area contributed by atoms with Gasteiger partial charge in [0.1, 0.15) is 11.3 Å². The van der Waals surface area contributed by atoms with E-state index >= 15 is 0 Å². The highest BCUT2D eigenvalue weighted by atomic mass is 16.5. The lowest BCUT2D eigenvalue weighted by atomic mass is 10.1. The van der Waals surface area contributed by atoms with E-state index in [0.717, 1.165) is 22.9 Å². The number of benzene rings is 2. The number of rotatable bonds is 5. The lowest BCUT2D eigenvalue weighted by Gasteiger charge is -2.07. The molecule has 3 rings (SSSR count). The van der Waals surface area contributed by atoms with E-state index in [9.17, 15) is 9.59 Å². The first-order chi connectivity index (χ1) is 12.6. The topological polar surface area (TPSA) is 80.6 Å². The Balaban J connectivity index is 1.59. The fourth-order valence-corrected chi connectivity index (χ4v) is 2.64. The predicted molar refractivity (Wildman–Crippen MR) is 97.9 cm³/mol. The Labute approximate surface area is 151 Å². The van der Waals surface area contributed by atoms with Gasteiger partial charge in [-0.2, -0.15) is 0 Å². The smallest absolute Gasteiger partial charge is 0.269 e. The third-order valence-corrected chi connectivity index (χ3v) is 4.15. The van der Waals surface area contributed by atoms with Crippen LogP contribution in [0.5, 0.6) is 5.75 Å². The number of hydrazine groups is 1. The van der Waals surface area contributed by atoms with Gasteiger partial charge in [-0.25, -0.2) is 0 Å². The van der Waals surface area contributed by atoms with Crippen LogP contribution in [0.3, 0.4) is 0 Å². The van der Waals surface area contributed by atoms with E-state index in [1.165, 1.54) is 6.26 Å². The highest BCUT2D eigenvalue weighted by Crippen LogP contribution is 2.25. The molecule has 0 aliphatic rings. The van der Waals surface area contributed by atoms with Crippen molar-refractivity contribution in [1.82, 2.24) is 10.9 Å². The summed E-state index contributed by atoms with van der Waals surface area (Å²) in [6.45, 7) is 2.05. The van der Waals surface area contributed by atoms with Gasteiger partial charge < -0.3 is 9.15 Å². The van der Waals surface area contributed by atoms with Crippen LogP contribution in [0.4, 0.5) is 0 Å². The van der Waals surface area contributed by atoms with Crippen molar-refractivity contribution in [2.24, 2.45) is 0 Å². The average Bonchev–Trinajstić information content (AvgIpc) is 3.08. The molecule has 1 aromatic heterocycles. The van der Waals surface area contributed by atoms with E-state index in [4.69, 9.17) is 9.15 Å². The summed E-state index contributed by atoms with van der Waals surface area (Å²) in [7, 11) is 1.58. The Morgan fingerprint density at radius 1 is 1.08 bits per heavy atom. The van der Waals surface area contributed by atoms with Crippen LogP contribution in [0.2, 0.25) is 0 Å². The fraction of sp³-hybridized carbons (Fsp3) is 0.200. The molecule has 0 spiro atoms. The van der Waals surface area contributed by atoms with E-state index in [0.29, 0.717) is 16.9 Å². The Hall–Kier alpha value is -3.28. The lowest BCUT2D eigenvalue weighted by molar-refractivity contribution is -0.121. The normalized spacial score (nSPS) is 10.5. The summed E-state index contributed by atoms with van der Waals surface area (Å²) < 4.78 is 10.6. The van der Waals surface area contributed by atoms with Gasteiger partial charge >= 0.3 is 0 Å². The number of hydrogen-bond acceptors (Lipinski definition) is 4. The van der Waals surface area contributed by atoms with E-state index in [1.807, 2.05) is 25.1 Å². The highest BCUT2D eigenvalue weighted by molar-refractivity contribution is 5.96. The third kappa shape index (κ3) is 3.85. The number of hydrogen-bond donors (Lipinski definition) is 2. The van der Waals surface area contributed by atoms with Crippen LogP contribution in [0, 0.1) is 0 Å². The van der Waals surface area contributed by atoms with Crippen molar-refractivity contribution < 1.29 is 18.7 Å².